The van der Waals surface area contributed by atoms with E-state index < -0.39 is 4.92 Å². The lowest BCUT2D eigenvalue weighted by Gasteiger charge is -2.06. The Kier molecular flexibility index (Phi) is 4.15. The molecule has 0 spiro atoms. The Morgan fingerprint density at radius 3 is 2.79 bits per heavy atom. The molecule has 0 radical (unpaired) electrons. The molecule has 1 amide bonds. The maximum atomic E-state index is 12.0. The Bertz CT molecular complexity index is 845. The number of benzene rings is 2. The van der Waals surface area contributed by atoms with E-state index in [-0.39, 0.29) is 18.4 Å². The van der Waals surface area contributed by atoms with Gasteiger partial charge in [0, 0.05) is 18.2 Å². The van der Waals surface area contributed by atoms with Gasteiger partial charge < -0.3 is 14.8 Å². The second-order valence-corrected chi connectivity index (χ2v) is 5.19. The highest BCUT2D eigenvalue weighted by Crippen LogP contribution is 2.32. The Morgan fingerprint density at radius 1 is 1.21 bits per heavy atom. The van der Waals surface area contributed by atoms with Crippen molar-refractivity contribution < 1.29 is 19.2 Å². The van der Waals surface area contributed by atoms with Gasteiger partial charge in [-0.2, -0.15) is 0 Å². The van der Waals surface area contributed by atoms with Gasteiger partial charge in [0.05, 0.1) is 10.6 Å². The molecule has 1 heterocycles. The molecule has 2 aromatic rings. The van der Waals surface area contributed by atoms with Crippen LogP contribution in [0.1, 0.15) is 11.1 Å². The largest absolute Gasteiger partial charge is 0.454 e. The van der Waals surface area contributed by atoms with Crippen molar-refractivity contribution in [2.75, 3.05) is 12.1 Å². The summed E-state index contributed by atoms with van der Waals surface area (Å²) in [6.07, 6.45) is 2.99. The number of carbonyl (C=O) groups is 1. The molecule has 0 unspecified atom stereocenters. The SMILES string of the molecule is Cc1ccc([N+](=O)[O-])cc1NC(=O)/C=C/c1ccc2c(c1)OCO2. The first-order chi connectivity index (χ1) is 11.5. The molecule has 0 aliphatic carbocycles. The van der Waals surface area contributed by atoms with Crippen molar-refractivity contribution in [3.63, 3.8) is 0 Å². The molecule has 1 N–H and O–H groups in total. The number of nitro benzene ring substituents is 1. The first kappa shape index (κ1) is 15.5. The second-order valence-electron chi connectivity index (χ2n) is 5.19. The van der Waals surface area contributed by atoms with Gasteiger partial charge in [-0.1, -0.05) is 12.1 Å². The average Bonchev–Trinajstić information content (AvgIpc) is 3.02. The Balaban J connectivity index is 1.71. The number of ether oxygens (including phenoxy) is 2. The smallest absolute Gasteiger partial charge is 0.271 e. The van der Waals surface area contributed by atoms with Gasteiger partial charge in [-0.3, -0.25) is 14.9 Å². The van der Waals surface area contributed by atoms with E-state index in [2.05, 4.69) is 5.32 Å². The van der Waals surface area contributed by atoms with Gasteiger partial charge in [-0.05, 0) is 36.3 Å². The van der Waals surface area contributed by atoms with Crippen LogP contribution in [0.4, 0.5) is 11.4 Å². The zero-order valence-electron chi connectivity index (χ0n) is 12.8. The van der Waals surface area contributed by atoms with Gasteiger partial charge in [-0.25, -0.2) is 0 Å². The monoisotopic (exact) mass is 326 g/mol. The lowest BCUT2D eigenvalue weighted by Crippen LogP contribution is -2.09. The van der Waals surface area contributed by atoms with Gasteiger partial charge in [0.2, 0.25) is 12.7 Å². The number of fused-ring (bicyclic) bond motifs is 1. The van der Waals surface area contributed by atoms with E-state index in [1.807, 2.05) is 0 Å². The van der Waals surface area contributed by atoms with Crippen molar-refractivity contribution in [1.29, 1.82) is 0 Å². The number of carbonyl (C=O) groups excluding carboxylic acids is 1. The van der Waals surface area contributed by atoms with Crippen LogP contribution in [0, 0.1) is 17.0 Å². The summed E-state index contributed by atoms with van der Waals surface area (Å²) in [5.74, 6) is 0.923. The maximum Gasteiger partial charge on any atom is 0.271 e. The highest BCUT2D eigenvalue weighted by molar-refractivity contribution is 6.02. The van der Waals surface area contributed by atoms with E-state index >= 15 is 0 Å². The van der Waals surface area contributed by atoms with Gasteiger partial charge in [0.25, 0.3) is 5.69 Å². The zero-order chi connectivity index (χ0) is 17.1. The molecule has 0 fully saturated rings. The predicted molar refractivity (Wildman–Crippen MR) is 88.1 cm³/mol. The minimum absolute atomic E-state index is 0.0735. The number of hydrogen-bond donors (Lipinski definition) is 1. The number of anilines is 1. The molecule has 0 bridgehead atoms. The molecule has 0 atom stereocenters. The van der Waals surface area contributed by atoms with Crippen molar-refractivity contribution in [2.24, 2.45) is 0 Å². The first-order valence-electron chi connectivity index (χ1n) is 7.17. The number of nitro groups is 1. The van der Waals surface area contributed by atoms with Crippen LogP contribution in [-0.4, -0.2) is 17.6 Å². The molecular formula is C17H14N2O5. The highest BCUT2D eigenvalue weighted by Gasteiger charge is 2.13. The fraction of sp³-hybridized carbons (Fsp3) is 0.118. The lowest BCUT2D eigenvalue weighted by atomic mass is 10.1. The summed E-state index contributed by atoms with van der Waals surface area (Å²) in [5, 5.41) is 13.5. The molecule has 0 saturated heterocycles. The summed E-state index contributed by atoms with van der Waals surface area (Å²) < 4.78 is 10.5. The van der Waals surface area contributed by atoms with E-state index in [9.17, 15) is 14.9 Å². The molecule has 122 valence electrons. The fourth-order valence-electron chi connectivity index (χ4n) is 2.22. The third-order valence-corrected chi connectivity index (χ3v) is 3.51. The van der Waals surface area contributed by atoms with Gasteiger partial charge in [0.1, 0.15) is 0 Å². The molecule has 1 aliphatic heterocycles. The first-order valence-corrected chi connectivity index (χ1v) is 7.17. The van der Waals surface area contributed by atoms with Crippen molar-refractivity contribution >= 4 is 23.4 Å². The van der Waals surface area contributed by atoms with Crippen LogP contribution in [0.25, 0.3) is 6.08 Å². The van der Waals surface area contributed by atoms with Crippen molar-refractivity contribution in [1.82, 2.24) is 0 Å². The van der Waals surface area contributed by atoms with Gasteiger partial charge in [0.15, 0.2) is 11.5 Å². The average molecular weight is 326 g/mol. The minimum Gasteiger partial charge on any atom is -0.454 e. The Labute approximate surface area is 137 Å². The third kappa shape index (κ3) is 3.35. The quantitative estimate of drug-likeness (QED) is 0.529. The summed E-state index contributed by atoms with van der Waals surface area (Å²) in [6, 6.07) is 9.66. The van der Waals surface area contributed by atoms with Crippen molar-refractivity contribution in [3.8, 4) is 11.5 Å². The summed E-state index contributed by atoms with van der Waals surface area (Å²) in [7, 11) is 0. The summed E-state index contributed by atoms with van der Waals surface area (Å²) >= 11 is 0. The van der Waals surface area contributed by atoms with Crippen LogP contribution in [0.15, 0.2) is 42.5 Å². The maximum absolute atomic E-state index is 12.0. The second kappa shape index (κ2) is 6.41. The van der Waals surface area contributed by atoms with Gasteiger partial charge >= 0.3 is 0 Å². The normalized spacial score (nSPS) is 12.4. The zero-order valence-corrected chi connectivity index (χ0v) is 12.8. The molecule has 2 aromatic carbocycles. The lowest BCUT2D eigenvalue weighted by molar-refractivity contribution is -0.384. The van der Waals surface area contributed by atoms with Crippen LogP contribution in [0.5, 0.6) is 11.5 Å². The van der Waals surface area contributed by atoms with E-state index in [4.69, 9.17) is 9.47 Å². The molecular weight excluding hydrogens is 312 g/mol. The van der Waals surface area contributed by atoms with Crippen LogP contribution >= 0.6 is 0 Å². The van der Waals surface area contributed by atoms with Crippen LogP contribution in [0.3, 0.4) is 0 Å². The van der Waals surface area contributed by atoms with E-state index in [1.54, 1.807) is 37.3 Å². The Hall–Kier alpha value is -3.35. The number of aryl methyl sites for hydroxylation is 1. The van der Waals surface area contributed by atoms with E-state index in [0.29, 0.717) is 17.2 Å². The minimum atomic E-state index is -0.502. The van der Waals surface area contributed by atoms with Crippen molar-refractivity contribution in [2.45, 2.75) is 6.92 Å². The summed E-state index contributed by atoms with van der Waals surface area (Å²) in [4.78, 5) is 22.3. The predicted octanol–water partition coefficient (Wildman–Crippen LogP) is 3.28. The number of nitrogens with one attached hydrogen (secondary N) is 1. The Morgan fingerprint density at radius 2 is 2.00 bits per heavy atom. The van der Waals surface area contributed by atoms with Crippen LogP contribution < -0.4 is 14.8 Å². The number of amides is 1. The number of rotatable bonds is 4. The summed E-state index contributed by atoms with van der Waals surface area (Å²) in [5.41, 5.74) is 1.86. The fourth-order valence-corrected chi connectivity index (χ4v) is 2.22. The van der Waals surface area contributed by atoms with Gasteiger partial charge in [-0.15, -0.1) is 0 Å². The van der Waals surface area contributed by atoms with E-state index in [0.717, 1.165) is 11.1 Å². The van der Waals surface area contributed by atoms with E-state index in [1.165, 1.54) is 18.2 Å². The molecule has 3 rings (SSSR count). The van der Waals surface area contributed by atoms with Crippen LogP contribution in [-0.2, 0) is 4.79 Å². The molecule has 7 nitrogen and oxygen atoms in total. The van der Waals surface area contributed by atoms with Crippen LogP contribution in [0.2, 0.25) is 0 Å². The summed E-state index contributed by atoms with van der Waals surface area (Å²) in [6.45, 7) is 1.95. The molecule has 24 heavy (non-hydrogen) atoms. The number of hydrogen-bond acceptors (Lipinski definition) is 5. The van der Waals surface area contributed by atoms with Crippen molar-refractivity contribution in [3.05, 3.63) is 63.7 Å². The standard InChI is InChI=1S/C17H14N2O5/c1-11-2-5-13(19(21)22)9-14(11)18-17(20)7-4-12-3-6-15-16(8-12)24-10-23-15/h2-9H,10H2,1H3,(H,18,20)/b7-4+. The number of nitrogens with zero attached hydrogens (tertiary/aromatic N) is 1. The molecule has 1 aliphatic rings. The third-order valence-electron chi connectivity index (χ3n) is 3.51. The molecule has 0 saturated carbocycles. The molecule has 7 heteroatoms. The molecule has 0 aromatic heterocycles. The highest BCUT2D eigenvalue weighted by atomic mass is 16.7. The number of non-ortho nitro benzene ring substituents is 1. The topological polar surface area (TPSA) is 90.7 Å².